The number of halogens is 1. The standard InChI is InChI=1S/C27H29FN4O6S/c1-37-24-17-23(30-27(34)19-6-4-3-5-7-19)25(38-2)16-22(24)29-26(33)18-31-12-14-32(15-13-31)39(35,36)21-10-8-20(28)9-11-21/h3-11,16-17H,12-15,18H2,1-2H3,(H,29,33)(H,30,34). The van der Waals surface area contributed by atoms with Crippen molar-refractivity contribution >= 4 is 33.2 Å². The van der Waals surface area contributed by atoms with Crippen LogP contribution in [0.15, 0.2) is 71.6 Å². The van der Waals surface area contributed by atoms with Crippen molar-refractivity contribution in [3.05, 3.63) is 78.1 Å². The molecule has 4 rings (SSSR count). The summed E-state index contributed by atoms with van der Waals surface area (Å²) in [5.74, 6) is -0.511. The van der Waals surface area contributed by atoms with Gasteiger partial charge in [-0.2, -0.15) is 4.31 Å². The maximum atomic E-state index is 13.2. The van der Waals surface area contributed by atoms with Crippen LogP contribution in [0.2, 0.25) is 0 Å². The highest BCUT2D eigenvalue weighted by molar-refractivity contribution is 7.89. The number of carbonyl (C=O) groups is 2. The quantitative estimate of drug-likeness (QED) is 0.416. The lowest BCUT2D eigenvalue weighted by atomic mass is 10.2. The largest absolute Gasteiger partial charge is 0.494 e. The van der Waals surface area contributed by atoms with Gasteiger partial charge in [-0.1, -0.05) is 18.2 Å². The predicted octanol–water partition coefficient (Wildman–Crippen LogP) is 3.04. The summed E-state index contributed by atoms with van der Waals surface area (Å²) in [6.45, 7) is 1.11. The number of hydrogen-bond acceptors (Lipinski definition) is 7. The van der Waals surface area contributed by atoms with E-state index in [4.69, 9.17) is 9.47 Å². The first-order valence-electron chi connectivity index (χ1n) is 12.1. The topological polar surface area (TPSA) is 117 Å². The Bertz CT molecular complexity index is 1430. The Morgan fingerprint density at radius 2 is 1.41 bits per heavy atom. The zero-order valence-corrected chi connectivity index (χ0v) is 22.3. The SMILES string of the molecule is COc1cc(NC(=O)c2ccccc2)c(OC)cc1NC(=O)CN1CCN(S(=O)(=O)c2ccc(F)cc2)CC1. The summed E-state index contributed by atoms with van der Waals surface area (Å²) in [6, 6.07) is 16.5. The molecule has 1 fully saturated rings. The van der Waals surface area contributed by atoms with Crippen LogP contribution in [0.5, 0.6) is 11.5 Å². The number of amides is 2. The summed E-state index contributed by atoms with van der Waals surface area (Å²) in [6.07, 6.45) is 0. The Morgan fingerprint density at radius 3 is 1.97 bits per heavy atom. The van der Waals surface area contributed by atoms with Crippen LogP contribution >= 0.6 is 0 Å². The number of sulfonamides is 1. The highest BCUT2D eigenvalue weighted by Crippen LogP contribution is 2.36. The molecule has 0 spiro atoms. The molecule has 0 saturated carbocycles. The molecule has 0 aliphatic carbocycles. The van der Waals surface area contributed by atoms with E-state index in [9.17, 15) is 22.4 Å². The first kappa shape index (κ1) is 28.0. The van der Waals surface area contributed by atoms with Crippen LogP contribution in [-0.4, -0.2) is 76.4 Å². The van der Waals surface area contributed by atoms with E-state index in [0.29, 0.717) is 41.5 Å². The van der Waals surface area contributed by atoms with Crippen LogP contribution in [-0.2, 0) is 14.8 Å². The van der Waals surface area contributed by atoms with E-state index in [1.165, 1.54) is 30.7 Å². The number of piperazine rings is 1. The third kappa shape index (κ3) is 6.72. The molecule has 12 heteroatoms. The fraction of sp³-hybridized carbons (Fsp3) is 0.259. The molecule has 1 aliphatic rings. The average Bonchev–Trinajstić information content (AvgIpc) is 2.94. The molecule has 10 nitrogen and oxygen atoms in total. The van der Waals surface area contributed by atoms with Crippen molar-refractivity contribution in [3.8, 4) is 11.5 Å². The van der Waals surface area contributed by atoms with E-state index < -0.39 is 15.8 Å². The molecule has 206 valence electrons. The van der Waals surface area contributed by atoms with Gasteiger partial charge in [-0.05, 0) is 36.4 Å². The number of nitrogens with one attached hydrogen (secondary N) is 2. The van der Waals surface area contributed by atoms with Gasteiger partial charge < -0.3 is 20.1 Å². The molecule has 3 aromatic rings. The Balaban J connectivity index is 1.37. The van der Waals surface area contributed by atoms with Crippen LogP contribution in [0, 0.1) is 5.82 Å². The lowest BCUT2D eigenvalue weighted by Gasteiger charge is -2.33. The second-order valence-corrected chi connectivity index (χ2v) is 10.7. The minimum atomic E-state index is -3.75. The Hall–Kier alpha value is -4.00. The van der Waals surface area contributed by atoms with Crippen molar-refractivity contribution in [1.29, 1.82) is 0 Å². The van der Waals surface area contributed by atoms with Crippen molar-refractivity contribution in [1.82, 2.24) is 9.21 Å². The van der Waals surface area contributed by atoms with Gasteiger partial charge in [-0.25, -0.2) is 12.8 Å². The lowest BCUT2D eigenvalue weighted by Crippen LogP contribution is -2.50. The van der Waals surface area contributed by atoms with Crippen molar-refractivity contribution in [3.63, 3.8) is 0 Å². The van der Waals surface area contributed by atoms with Crippen LogP contribution in [0.25, 0.3) is 0 Å². The van der Waals surface area contributed by atoms with Crippen LogP contribution in [0.1, 0.15) is 10.4 Å². The zero-order chi connectivity index (χ0) is 28.0. The Morgan fingerprint density at radius 1 is 0.846 bits per heavy atom. The third-order valence-corrected chi connectivity index (χ3v) is 8.14. The van der Waals surface area contributed by atoms with Gasteiger partial charge in [0.05, 0.1) is 37.0 Å². The summed E-state index contributed by atoms with van der Waals surface area (Å²) in [4.78, 5) is 27.3. The van der Waals surface area contributed by atoms with Gasteiger partial charge in [-0.3, -0.25) is 14.5 Å². The van der Waals surface area contributed by atoms with Crippen LogP contribution in [0.4, 0.5) is 15.8 Å². The van der Waals surface area contributed by atoms with Gasteiger partial charge >= 0.3 is 0 Å². The van der Waals surface area contributed by atoms with E-state index in [-0.39, 0.29) is 36.3 Å². The number of nitrogens with zero attached hydrogens (tertiary/aromatic N) is 2. The minimum Gasteiger partial charge on any atom is -0.494 e. The van der Waals surface area contributed by atoms with E-state index >= 15 is 0 Å². The molecule has 2 amide bonds. The average molecular weight is 557 g/mol. The van der Waals surface area contributed by atoms with Crippen molar-refractivity contribution in [2.24, 2.45) is 0 Å². The molecule has 39 heavy (non-hydrogen) atoms. The van der Waals surface area contributed by atoms with Crippen LogP contribution in [0.3, 0.4) is 0 Å². The predicted molar refractivity (Wildman–Crippen MR) is 144 cm³/mol. The zero-order valence-electron chi connectivity index (χ0n) is 21.5. The van der Waals surface area contributed by atoms with Gasteiger partial charge in [0.15, 0.2) is 0 Å². The number of carbonyl (C=O) groups excluding carboxylic acids is 2. The van der Waals surface area contributed by atoms with Crippen molar-refractivity contribution in [2.45, 2.75) is 4.90 Å². The van der Waals surface area contributed by atoms with Gasteiger partial charge in [0, 0.05) is 43.9 Å². The summed E-state index contributed by atoms with van der Waals surface area (Å²) >= 11 is 0. The molecule has 1 heterocycles. The van der Waals surface area contributed by atoms with E-state index in [1.807, 2.05) is 11.0 Å². The Kier molecular flexibility index (Phi) is 8.79. The summed E-state index contributed by atoms with van der Waals surface area (Å²) < 4.78 is 51.0. The van der Waals surface area contributed by atoms with E-state index in [2.05, 4.69) is 10.6 Å². The van der Waals surface area contributed by atoms with Crippen LogP contribution < -0.4 is 20.1 Å². The minimum absolute atomic E-state index is 0.0274. The highest BCUT2D eigenvalue weighted by atomic mass is 32.2. The third-order valence-electron chi connectivity index (χ3n) is 6.23. The number of methoxy groups -OCH3 is 2. The maximum absolute atomic E-state index is 13.2. The molecular weight excluding hydrogens is 527 g/mol. The number of ether oxygens (including phenoxy) is 2. The van der Waals surface area contributed by atoms with Gasteiger partial charge in [0.25, 0.3) is 5.91 Å². The van der Waals surface area contributed by atoms with E-state index in [0.717, 1.165) is 12.1 Å². The fourth-order valence-electron chi connectivity index (χ4n) is 4.15. The fourth-order valence-corrected chi connectivity index (χ4v) is 5.58. The van der Waals surface area contributed by atoms with Crippen molar-refractivity contribution in [2.75, 3.05) is 57.6 Å². The Labute approximate surface area is 226 Å². The monoisotopic (exact) mass is 556 g/mol. The molecule has 0 atom stereocenters. The maximum Gasteiger partial charge on any atom is 0.255 e. The first-order valence-corrected chi connectivity index (χ1v) is 13.6. The second kappa shape index (κ2) is 12.2. The molecule has 2 N–H and O–H groups in total. The summed E-state index contributed by atoms with van der Waals surface area (Å²) in [5, 5.41) is 5.59. The number of rotatable bonds is 9. The first-order chi connectivity index (χ1) is 18.7. The molecule has 0 aromatic heterocycles. The molecular formula is C27H29FN4O6S. The lowest BCUT2D eigenvalue weighted by molar-refractivity contribution is -0.117. The molecule has 0 unspecified atom stereocenters. The smallest absolute Gasteiger partial charge is 0.255 e. The number of anilines is 2. The summed E-state index contributed by atoms with van der Waals surface area (Å²) in [5.41, 5.74) is 1.20. The number of benzene rings is 3. The second-order valence-electron chi connectivity index (χ2n) is 8.76. The molecule has 0 bridgehead atoms. The molecule has 1 saturated heterocycles. The normalized spacial score (nSPS) is 14.4. The highest BCUT2D eigenvalue weighted by Gasteiger charge is 2.29. The summed E-state index contributed by atoms with van der Waals surface area (Å²) in [7, 11) is -0.853. The van der Waals surface area contributed by atoms with Gasteiger partial charge in [0.1, 0.15) is 17.3 Å². The molecule has 3 aromatic carbocycles. The number of hydrogen-bond donors (Lipinski definition) is 2. The van der Waals surface area contributed by atoms with Gasteiger partial charge in [-0.15, -0.1) is 0 Å². The molecule has 0 radical (unpaired) electrons. The van der Waals surface area contributed by atoms with Gasteiger partial charge in [0.2, 0.25) is 15.9 Å². The van der Waals surface area contributed by atoms with Crippen molar-refractivity contribution < 1.29 is 31.9 Å². The van der Waals surface area contributed by atoms with E-state index in [1.54, 1.807) is 36.4 Å². The molecule has 1 aliphatic heterocycles.